The average Bonchev–Trinajstić information content (AvgIpc) is 2.57. The molecule has 0 aromatic rings. The molecule has 1 saturated heterocycles. The van der Waals surface area contributed by atoms with Crippen molar-refractivity contribution < 1.29 is 17.9 Å². The van der Waals surface area contributed by atoms with E-state index in [0.717, 1.165) is 30.0 Å². The van der Waals surface area contributed by atoms with Crippen LogP contribution in [0.2, 0.25) is 0 Å². The molecule has 7 heteroatoms. The number of hydrogen-bond acceptors (Lipinski definition) is 4. The van der Waals surface area contributed by atoms with Crippen molar-refractivity contribution in [2.75, 3.05) is 33.8 Å². The van der Waals surface area contributed by atoms with E-state index in [0.29, 0.717) is 13.1 Å². The molecule has 17 heavy (non-hydrogen) atoms. The first kappa shape index (κ1) is 14.4. The minimum Gasteiger partial charge on any atom is -0.468 e. The van der Waals surface area contributed by atoms with E-state index in [2.05, 4.69) is 4.74 Å². The number of carbonyl (C=O) groups is 1. The smallest absolute Gasteiger partial charge is 0.321 e. The normalized spacial score (nSPS) is 19.0. The van der Waals surface area contributed by atoms with E-state index in [9.17, 15) is 13.2 Å². The largest absolute Gasteiger partial charge is 0.468 e. The molecule has 0 bridgehead atoms. The summed E-state index contributed by atoms with van der Waals surface area (Å²) in [5.74, 6) is -0.550. The zero-order chi connectivity index (χ0) is 12.9. The second-order valence-electron chi connectivity index (χ2n) is 4.15. The van der Waals surface area contributed by atoms with Crippen LogP contribution in [0.5, 0.6) is 0 Å². The third-order valence-electron chi connectivity index (χ3n) is 2.86. The predicted octanol–water partition coefficient (Wildman–Crippen LogP) is 0.212. The lowest BCUT2D eigenvalue weighted by molar-refractivity contribution is -0.140. The summed E-state index contributed by atoms with van der Waals surface area (Å²) in [5, 5.41) is 0. The summed E-state index contributed by atoms with van der Waals surface area (Å²) in [6, 6.07) is 0. The molecule has 100 valence electrons. The maximum atomic E-state index is 12.1. The first-order chi connectivity index (χ1) is 7.98. The fourth-order valence-corrected chi connectivity index (χ4v) is 3.18. The highest BCUT2D eigenvalue weighted by Crippen LogP contribution is 2.15. The van der Waals surface area contributed by atoms with Crippen LogP contribution in [-0.2, 0) is 19.7 Å². The van der Waals surface area contributed by atoms with Crippen molar-refractivity contribution in [1.82, 2.24) is 8.61 Å². The van der Waals surface area contributed by atoms with Crippen LogP contribution in [0, 0.1) is 0 Å². The minimum atomic E-state index is -3.52. The Morgan fingerprint density at radius 2 is 1.76 bits per heavy atom. The molecule has 0 aromatic heterocycles. The summed E-state index contributed by atoms with van der Waals surface area (Å²) in [4.78, 5) is 11.1. The number of carbonyl (C=O) groups excluding carboxylic acids is 1. The topological polar surface area (TPSA) is 66.9 Å². The summed E-state index contributed by atoms with van der Waals surface area (Å²) in [6.07, 6.45) is 3.88. The molecular weight excluding hydrogens is 244 g/mol. The van der Waals surface area contributed by atoms with Gasteiger partial charge in [0.25, 0.3) is 10.2 Å². The van der Waals surface area contributed by atoms with Crippen molar-refractivity contribution in [3.63, 3.8) is 0 Å². The van der Waals surface area contributed by atoms with Crippen molar-refractivity contribution >= 4 is 16.2 Å². The zero-order valence-electron chi connectivity index (χ0n) is 10.4. The van der Waals surface area contributed by atoms with Gasteiger partial charge in [0.15, 0.2) is 0 Å². The fraction of sp³-hybridized carbons (Fsp3) is 0.900. The Labute approximate surface area is 103 Å². The Morgan fingerprint density at radius 3 is 2.24 bits per heavy atom. The number of nitrogens with zero attached hydrogens (tertiary/aromatic N) is 2. The molecule has 1 rings (SSSR count). The van der Waals surface area contributed by atoms with Gasteiger partial charge in [-0.15, -0.1) is 0 Å². The van der Waals surface area contributed by atoms with Gasteiger partial charge in [0.1, 0.15) is 6.54 Å². The molecular formula is C10H20N2O4S. The van der Waals surface area contributed by atoms with Crippen molar-refractivity contribution in [3.05, 3.63) is 0 Å². The van der Waals surface area contributed by atoms with E-state index in [1.54, 1.807) is 0 Å². The van der Waals surface area contributed by atoms with E-state index < -0.39 is 16.2 Å². The summed E-state index contributed by atoms with van der Waals surface area (Å²) in [5.41, 5.74) is 0. The standard InChI is InChI=1S/C10H20N2O4S/c1-11(9-10(13)16-2)17(14,15)12-7-5-3-4-6-8-12/h3-9H2,1-2H3. The van der Waals surface area contributed by atoms with Gasteiger partial charge in [0, 0.05) is 20.1 Å². The highest BCUT2D eigenvalue weighted by atomic mass is 32.2. The average molecular weight is 264 g/mol. The van der Waals surface area contributed by atoms with Crippen molar-refractivity contribution in [2.45, 2.75) is 25.7 Å². The molecule has 0 atom stereocenters. The number of rotatable bonds is 4. The molecule has 1 fully saturated rings. The summed E-state index contributed by atoms with van der Waals surface area (Å²) < 4.78 is 31.2. The first-order valence-corrected chi connectivity index (χ1v) is 7.16. The Balaban J connectivity index is 2.67. The van der Waals surface area contributed by atoms with Crippen molar-refractivity contribution in [2.24, 2.45) is 0 Å². The molecule has 0 aliphatic carbocycles. The third kappa shape index (κ3) is 3.93. The van der Waals surface area contributed by atoms with Gasteiger partial charge in [0.2, 0.25) is 0 Å². The van der Waals surface area contributed by atoms with Gasteiger partial charge in [-0.3, -0.25) is 4.79 Å². The zero-order valence-corrected chi connectivity index (χ0v) is 11.2. The lowest BCUT2D eigenvalue weighted by Crippen LogP contribution is -2.44. The fourth-order valence-electron chi connectivity index (χ4n) is 1.80. The van der Waals surface area contributed by atoms with Crippen LogP contribution in [0.3, 0.4) is 0 Å². The van der Waals surface area contributed by atoms with Crippen LogP contribution in [0.1, 0.15) is 25.7 Å². The summed E-state index contributed by atoms with van der Waals surface area (Å²) in [6.45, 7) is 0.830. The molecule has 1 aliphatic heterocycles. The van der Waals surface area contributed by atoms with Gasteiger partial charge in [-0.25, -0.2) is 0 Å². The SMILES string of the molecule is COC(=O)CN(C)S(=O)(=O)N1CCCCCC1. The van der Waals surface area contributed by atoms with Gasteiger partial charge in [-0.05, 0) is 12.8 Å². The number of ether oxygens (including phenoxy) is 1. The second kappa shape index (κ2) is 6.32. The maximum absolute atomic E-state index is 12.1. The Bertz CT molecular complexity index is 347. The molecule has 0 aromatic carbocycles. The van der Waals surface area contributed by atoms with Gasteiger partial charge in [-0.2, -0.15) is 17.0 Å². The minimum absolute atomic E-state index is 0.241. The summed E-state index contributed by atoms with van der Waals surface area (Å²) in [7, 11) is -0.880. The number of likely N-dealkylation sites (N-methyl/N-ethyl adjacent to an activating group) is 1. The van der Waals surface area contributed by atoms with Crippen LogP contribution in [-0.4, -0.2) is 56.8 Å². The lowest BCUT2D eigenvalue weighted by atomic mass is 10.2. The first-order valence-electron chi connectivity index (χ1n) is 5.76. The van der Waals surface area contributed by atoms with Crippen molar-refractivity contribution in [3.8, 4) is 0 Å². The van der Waals surface area contributed by atoms with Crippen LogP contribution >= 0.6 is 0 Å². The Kier molecular flexibility index (Phi) is 5.35. The highest BCUT2D eigenvalue weighted by molar-refractivity contribution is 7.86. The molecule has 0 saturated carbocycles. The second-order valence-corrected chi connectivity index (χ2v) is 6.19. The third-order valence-corrected chi connectivity index (χ3v) is 4.80. The van der Waals surface area contributed by atoms with Gasteiger partial charge < -0.3 is 4.74 Å². The molecule has 0 N–H and O–H groups in total. The lowest BCUT2D eigenvalue weighted by Gasteiger charge is -2.25. The predicted molar refractivity (Wildman–Crippen MR) is 63.6 cm³/mol. The quantitative estimate of drug-likeness (QED) is 0.681. The Hall–Kier alpha value is -0.660. The van der Waals surface area contributed by atoms with E-state index >= 15 is 0 Å². The monoisotopic (exact) mass is 264 g/mol. The van der Waals surface area contributed by atoms with E-state index in [1.807, 2.05) is 0 Å². The molecule has 0 spiro atoms. The maximum Gasteiger partial charge on any atom is 0.321 e. The van der Waals surface area contributed by atoms with E-state index in [4.69, 9.17) is 0 Å². The number of esters is 1. The molecule has 6 nitrogen and oxygen atoms in total. The molecule has 0 unspecified atom stereocenters. The number of methoxy groups -OCH3 is 1. The van der Waals surface area contributed by atoms with Gasteiger partial charge >= 0.3 is 5.97 Å². The van der Waals surface area contributed by atoms with Crippen LogP contribution in [0.4, 0.5) is 0 Å². The summed E-state index contributed by atoms with van der Waals surface area (Å²) >= 11 is 0. The molecule has 0 radical (unpaired) electrons. The van der Waals surface area contributed by atoms with Crippen LogP contribution in [0.15, 0.2) is 0 Å². The van der Waals surface area contributed by atoms with Gasteiger partial charge in [0.05, 0.1) is 7.11 Å². The van der Waals surface area contributed by atoms with E-state index in [1.165, 1.54) is 18.5 Å². The molecule has 1 heterocycles. The molecule has 0 amide bonds. The Morgan fingerprint density at radius 1 is 1.24 bits per heavy atom. The van der Waals surface area contributed by atoms with Gasteiger partial charge in [-0.1, -0.05) is 12.8 Å². The van der Waals surface area contributed by atoms with Crippen LogP contribution in [0.25, 0.3) is 0 Å². The highest BCUT2D eigenvalue weighted by Gasteiger charge is 2.28. The number of hydrogen-bond donors (Lipinski definition) is 0. The molecule has 1 aliphatic rings. The van der Waals surface area contributed by atoms with E-state index in [-0.39, 0.29) is 6.54 Å². The van der Waals surface area contributed by atoms with Crippen LogP contribution < -0.4 is 0 Å². The van der Waals surface area contributed by atoms with Crippen molar-refractivity contribution in [1.29, 1.82) is 0 Å².